The van der Waals surface area contributed by atoms with E-state index in [1.54, 1.807) is 6.92 Å². The number of anilines is 1. The Kier molecular flexibility index (Phi) is 5.31. The Balaban J connectivity index is 2.01. The standard InChI is InChI=1S/C15H22N2O2S/c1-11(20(19)13-7-3-4-8-13)15(18)17-14-9-5-2-6-12(14)10-16/h2,5-6,9,11,13H,3-4,7-8,10,16H2,1H3,(H,17,18). The molecule has 1 amide bonds. The summed E-state index contributed by atoms with van der Waals surface area (Å²) in [6.45, 7) is 2.12. The van der Waals surface area contributed by atoms with Crippen molar-refractivity contribution in [2.45, 2.75) is 49.7 Å². The molecule has 0 aliphatic heterocycles. The first kappa shape index (κ1) is 15.2. The monoisotopic (exact) mass is 294 g/mol. The number of amides is 1. The Morgan fingerprint density at radius 1 is 1.40 bits per heavy atom. The predicted molar refractivity (Wildman–Crippen MR) is 82.8 cm³/mol. The van der Waals surface area contributed by atoms with Crippen LogP contribution in [0.1, 0.15) is 38.2 Å². The van der Waals surface area contributed by atoms with Gasteiger partial charge in [-0.1, -0.05) is 31.0 Å². The van der Waals surface area contributed by atoms with Crippen LogP contribution in [0.4, 0.5) is 5.69 Å². The Bertz CT molecular complexity index is 498. The van der Waals surface area contributed by atoms with Gasteiger partial charge < -0.3 is 11.1 Å². The molecule has 1 aromatic rings. The molecular formula is C15H22N2O2S. The van der Waals surface area contributed by atoms with E-state index in [2.05, 4.69) is 5.32 Å². The number of carbonyl (C=O) groups excluding carboxylic acids is 1. The molecule has 1 aliphatic carbocycles. The summed E-state index contributed by atoms with van der Waals surface area (Å²) in [5.74, 6) is -0.184. The maximum atomic E-state index is 12.4. The van der Waals surface area contributed by atoms with E-state index in [1.807, 2.05) is 24.3 Å². The Hall–Kier alpha value is -1.20. The molecule has 0 radical (unpaired) electrons. The smallest absolute Gasteiger partial charge is 0.239 e. The number of rotatable bonds is 5. The zero-order valence-corrected chi connectivity index (χ0v) is 12.6. The third-order valence-corrected chi connectivity index (χ3v) is 5.88. The van der Waals surface area contributed by atoms with Crippen molar-refractivity contribution in [3.05, 3.63) is 29.8 Å². The maximum Gasteiger partial charge on any atom is 0.239 e. The van der Waals surface area contributed by atoms with Gasteiger partial charge in [0.05, 0.1) is 0 Å². The van der Waals surface area contributed by atoms with Crippen molar-refractivity contribution in [3.63, 3.8) is 0 Å². The second-order valence-corrected chi connectivity index (χ2v) is 7.26. The fraction of sp³-hybridized carbons (Fsp3) is 0.533. The van der Waals surface area contributed by atoms with Gasteiger partial charge >= 0.3 is 0 Å². The minimum Gasteiger partial charge on any atom is -0.326 e. The largest absolute Gasteiger partial charge is 0.326 e. The van der Waals surface area contributed by atoms with Crippen LogP contribution in [0.5, 0.6) is 0 Å². The molecule has 3 N–H and O–H groups in total. The van der Waals surface area contributed by atoms with E-state index in [0.717, 1.165) is 36.9 Å². The van der Waals surface area contributed by atoms with Crippen LogP contribution in [0.25, 0.3) is 0 Å². The van der Waals surface area contributed by atoms with Crippen molar-refractivity contribution >= 4 is 22.4 Å². The van der Waals surface area contributed by atoms with E-state index < -0.39 is 16.0 Å². The lowest BCUT2D eigenvalue weighted by Crippen LogP contribution is -2.33. The molecule has 5 heteroatoms. The van der Waals surface area contributed by atoms with Gasteiger partial charge in [0, 0.05) is 28.3 Å². The minimum atomic E-state index is -1.10. The predicted octanol–water partition coefficient (Wildman–Crippen LogP) is 2.16. The number of nitrogens with one attached hydrogen (secondary N) is 1. The maximum absolute atomic E-state index is 12.4. The zero-order valence-electron chi connectivity index (χ0n) is 11.8. The number of hydrogen-bond acceptors (Lipinski definition) is 3. The summed E-state index contributed by atoms with van der Waals surface area (Å²) in [5, 5.41) is 2.55. The average Bonchev–Trinajstić information content (AvgIpc) is 3.00. The van der Waals surface area contributed by atoms with Gasteiger partial charge in [-0.2, -0.15) is 0 Å². The molecule has 1 saturated carbocycles. The van der Waals surface area contributed by atoms with Crippen molar-refractivity contribution in [2.75, 3.05) is 5.32 Å². The highest BCUT2D eigenvalue weighted by atomic mass is 32.2. The lowest BCUT2D eigenvalue weighted by atomic mass is 10.2. The van der Waals surface area contributed by atoms with Gasteiger partial charge in [-0.15, -0.1) is 0 Å². The minimum absolute atomic E-state index is 0.181. The molecule has 1 aromatic carbocycles. The van der Waals surface area contributed by atoms with Crippen molar-refractivity contribution in [2.24, 2.45) is 5.73 Å². The van der Waals surface area contributed by atoms with Gasteiger partial charge in [-0.05, 0) is 31.4 Å². The van der Waals surface area contributed by atoms with Crippen LogP contribution >= 0.6 is 0 Å². The summed E-state index contributed by atoms with van der Waals surface area (Å²) < 4.78 is 12.4. The molecule has 4 nitrogen and oxygen atoms in total. The van der Waals surface area contributed by atoms with Gasteiger partial charge in [0.15, 0.2) is 0 Å². The highest BCUT2D eigenvalue weighted by Crippen LogP contribution is 2.25. The summed E-state index contributed by atoms with van der Waals surface area (Å²) >= 11 is 0. The summed E-state index contributed by atoms with van der Waals surface area (Å²) in [6.07, 6.45) is 4.20. The highest BCUT2D eigenvalue weighted by Gasteiger charge is 2.29. The Labute approximate surface area is 122 Å². The number of nitrogens with two attached hydrogens (primary N) is 1. The number of para-hydroxylation sites is 1. The molecule has 1 fully saturated rings. The number of carbonyl (C=O) groups is 1. The SMILES string of the molecule is CC(C(=O)Nc1ccccc1CN)S(=O)C1CCCC1. The fourth-order valence-corrected chi connectivity index (χ4v) is 4.21. The summed E-state index contributed by atoms with van der Waals surface area (Å²) in [4.78, 5) is 12.2. The number of benzene rings is 1. The molecule has 0 bridgehead atoms. The summed E-state index contributed by atoms with van der Waals surface area (Å²) in [7, 11) is -1.10. The van der Waals surface area contributed by atoms with Gasteiger partial charge in [-0.3, -0.25) is 9.00 Å². The van der Waals surface area contributed by atoms with Crippen LogP contribution in [0.15, 0.2) is 24.3 Å². The fourth-order valence-electron chi connectivity index (χ4n) is 2.57. The molecule has 1 aliphatic rings. The highest BCUT2D eigenvalue weighted by molar-refractivity contribution is 7.87. The molecule has 0 heterocycles. The van der Waals surface area contributed by atoms with E-state index in [-0.39, 0.29) is 11.2 Å². The molecule has 2 atom stereocenters. The van der Waals surface area contributed by atoms with E-state index in [0.29, 0.717) is 6.54 Å². The Morgan fingerprint density at radius 2 is 2.05 bits per heavy atom. The van der Waals surface area contributed by atoms with Crippen LogP contribution in [0.2, 0.25) is 0 Å². The van der Waals surface area contributed by atoms with Crippen molar-refractivity contribution in [3.8, 4) is 0 Å². The van der Waals surface area contributed by atoms with Crippen molar-refractivity contribution in [1.82, 2.24) is 0 Å². The molecule has 20 heavy (non-hydrogen) atoms. The van der Waals surface area contributed by atoms with E-state index in [1.165, 1.54) is 0 Å². The van der Waals surface area contributed by atoms with Gasteiger partial charge in [0.25, 0.3) is 0 Å². The number of hydrogen-bond donors (Lipinski definition) is 2. The molecule has 2 unspecified atom stereocenters. The molecule has 0 spiro atoms. The van der Waals surface area contributed by atoms with Crippen molar-refractivity contribution in [1.29, 1.82) is 0 Å². The van der Waals surface area contributed by atoms with E-state index in [9.17, 15) is 9.00 Å². The second-order valence-electron chi connectivity index (χ2n) is 5.23. The van der Waals surface area contributed by atoms with Crippen LogP contribution in [0.3, 0.4) is 0 Å². The topological polar surface area (TPSA) is 72.2 Å². The normalized spacial score (nSPS) is 18.7. The molecule has 110 valence electrons. The Morgan fingerprint density at radius 3 is 2.70 bits per heavy atom. The molecule has 0 saturated heterocycles. The molecule has 0 aromatic heterocycles. The van der Waals surface area contributed by atoms with Crippen molar-refractivity contribution < 1.29 is 9.00 Å². The third-order valence-electron chi connectivity index (χ3n) is 3.84. The van der Waals surface area contributed by atoms with Gasteiger partial charge in [0.2, 0.25) is 5.91 Å². The first-order valence-electron chi connectivity index (χ1n) is 7.11. The molecular weight excluding hydrogens is 272 g/mol. The van der Waals surface area contributed by atoms with E-state index >= 15 is 0 Å². The van der Waals surface area contributed by atoms with Gasteiger partial charge in [0.1, 0.15) is 5.25 Å². The third kappa shape index (κ3) is 3.46. The lowest BCUT2D eigenvalue weighted by Gasteiger charge is -2.17. The van der Waals surface area contributed by atoms with Crippen LogP contribution in [0, 0.1) is 0 Å². The second kappa shape index (κ2) is 6.99. The first-order chi connectivity index (χ1) is 9.63. The van der Waals surface area contributed by atoms with Crippen LogP contribution in [-0.4, -0.2) is 20.6 Å². The first-order valence-corrected chi connectivity index (χ1v) is 8.39. The quantitative estimate of drug-likeness (QED) is 0.874. The van der Waals surface area contributed by atoms with Gasteiger partial charge in [-0.25, -0.2) is 0 Å². The zero-order chi connectivity index (χ0) is 14.5. The summed E-state index contributed by atoms with van der Waals surface area (Å²) in [6, 6.07) is 7.45. The van der Waals surface area contributed by atoms with E-state index in [4.69, 9.17) is 5.73 Å². The molecule has 2 rings (SSSR count). The average molecular weight is 294 g/mol. The lowest BCUT2D eigenvalue weighted by molar-refractivity contribution is -0.115. The van der Waals surface area contributed by atoms with Crippen LogP contribution < -0.4 is 11.1 Å². The summed E-state index contributed by atoms with van der Waals surface area (Å²) in [5.41, 5.74) is 7.26. The van der Waals surface area contributed by atoms with Crippen LogP contribution in [-0.2, 0) is 22.1 Å².